The summed E-state index contributed by atoms with van der Waals surface area (Å²) in [7, 11) is 0. The van der Waals surface area contributed by atoms with Crippen LogP contribution in [0.1, 0.15) is 44.4 Å². The molecule has 0 bridgehead atoms. The second-order valence-corrected chi connectivity index (χ2v) is 6.79. The van der Waals surface area contributed by atoms with Crippen LogP contribution >= 0.6 is 11.3 Å². The maximum atomic E-state index is 12.7. The molecule has 0 saturated carbocycles. The van der Waals surface area contributed by atoms with Gasteiger partial charge in [-0.05, 0) is 24.3 Å². The maximum absolute atomic E-state index is 12.7. The number of carbonyl (C=O) groups excluding carboxylic acids is 3. The Morgan fingerprint density at radius 1 is 1.30 bits per heavy atom. The number of thiophene rings is 1. The van der Waals surface area contributed by atoms with Crippen molar-refractivity contribution in [3.63, 3.8) is 0 Å². The lowest BCUT2D eigenvalue weighted by molar-refractivity contribution is -0.135. The number of rotatable bonds is 8. The van der Waals surface area contributed by atoms with Gasteiger partial charge < -0.3 is 10.6 Å². The van der Waals surface area contributed by atoms with Crippen LogP contribution in [0.4, 0.5) is 4.79 Å². The molecule has 1 aliphatic heterocycles. The molecule has 1 aromatic heterocycles. The maximum Gasteiger partial charge on any atom is 0.325 e. The quantitative estimate of drug-likeness (QED) is 0.714. The van der Waals surface area contributed by atoms with Gasteiger partial charge in [0.1, 0.15) is 12.1 Å². The monoisotopic (exact) mass is 337 g/mol. The first kappa shape index (κ1) is 17.5. The van der Waals surface area contributed by atoms with E-state index >= 15 is 0 Å². The van der Waals surface area contributed by atoms with Crippen molar-refractivity contribution in [2.24, 2.45) is 0 Å². The van der Waals surface area contributed by atoms with Crippen LogP contribution in [0.5, 0.6) is 0 Å². The Labute approximate surface area is 140 Å². The Kier molecular flexibility index (Phi) is 5.76. The highest BCUT2D eigenvalue weighted by atomic mass is 32.1. The SMILES string of the molecule is CCCC1(CCC)NC(=O)N(CC(=O)NCc2cccs2)C1=O. The third kappa shape index (κ3) is 3.90. The topological polar surface area (TPSA) is 78.5 Å². The summed E-state index contributed by atoms with van der Waals surface area (Å²) in [5.41, 5.74) is -0.839. The largest absolute Gasteiger partial charge is 0.350 e. The molecule has 1 aliphatic rings. The van der Waals surface area contributed by atoms with Crippen molar-refractivity contribution >= 4 is 29.2 Å². The second kappa shape index (κ2) is 7.59. The molecule has 2 N–H and O–H groups in total. The van der Waals surface area contributed by atoms with Crippen molar-refractivity contribution in [2.45, 2.75) is 51.6 Å². The molecule has 7 heteroatoms. The summed E-state index contributed by atoms with van der Waals surface area (Å²) in [6.07, 6.45) is 2.78. The average molecular weight is 337 g/mol. The molecule has 23 heavy (non-hydrogen) atoms. The number of nitrogens with one attached hydrogen (secondary N) is 2. The number of hydrogen-bond acceptors (Lipinski definition) is 4. The van der Waals surface area contributed by atoms with E-state index in [0.29, 0.717) is 19.4 Å². The fourth-order valence-electron chi connectivity index (χ4n) is 2.94. The van der Waals surface area contributed by atoms with Crippen LogP contribution < -0.4 is 10.6 Å². The highest BCUT2D eigenvalue weighted by Gasteiger charge is 2.50. The molecule has 0 aromatic carbocycles. The fourth-order valence-corrected chi connectivity index (χ4v) is 3.58. The van der Waals surface area contributed by atoms with E-state index in [2.05, 4.69) is 10.6 Å². The third-order valence-corrected chi connectivity index (χ3v) is 4.82. The van der Waals surface area contributed by atoms with E-state index < -0.39 is 11.6 Å². The van der Waals surface area contributed by atoms with Gasteiger partial charge in [0.15, 0.2) is 0 Å². The van der Waals surface area contributed by atoms with Crippen molar-refractivity contribution < 1.29 is 14.4 Å². The lowest BCUT2D eigenvalue weighted by atomic mass is 9.88. The number of urea groups is 1. The van der Waals surface area contributed by atoms with Crippen LogP contribution in [0.3, 0.4) is 0 Å². The summed E-state index contributed by atoms with van der Waals surface area (Å²) >= 11 is 1.55. The normalized spacial score (nSPS) is 16.5. The lowest BCUT2D eigenvalue weighted by Crippen LogP contribution is -2.47. The van der Waals surface area contributed by atoms with Gasteiger partial charge >= 0.3 is 6.03 Å². The van der Waals surface area contributed by atoms with E-state index in [1.54, 1.807) is 11.3 Å². The molecule has 2 heterocycles. The van der Waals surface area contributed by atoms with Gasteiger partial charge in [0.2, 0.25) is 5.91 Å². The first-order valence-corrected chi connectivity index (χ1v) is 8.83. The van der Waals surface area contributed by atoms with Crippen LogP contribution in [0, 0.1) is 0 Å². The zero-order valence-electron chi connectivity index (χ0n) is 13.6. The molecule has 6 nitrogen and oxygen atoms in total. The summed E-state index contributed by atoms with van der Waals surface area (Å²) in [5, 5.41) is 7.48. The summed E-state index contributed by atoms with van der Waals surface area (Å²) in [6.45, 7) is 4.14. The Morgan fingerprint density at radius 2 is 2.00 bits per heavy atom. The Hall–Kier alpha value is -1.89. The highest BCUT2D eigenvalue weighted by Crippen LogP contribution is 2.27. The van der Waals surface area contributed by atoms with Gasteiger partial charge in [-0.15, -0.1) is 11.3 Å². The molecule has 0 unspecified atom stereocenters. The fraction of sp³-hybridized carbons (Fsp3) is 0.562. The Balaban J connectivity index is 1.97. The van der Waals surface area contributed by atoms with Gasteiger partial charge in [-0.3, -0.25) is 14.5 Å². The molecule has 0 radical (unpaired) electrons. The van der Waals surface area contributed by atoms with Crippen molar-refractivity contribution in [1.82, 2.24) is 15.5 Å². The molecule has 4 amide bonds. The average Bonchev–Trinajstić information content (AvgIpc) is 3.10. The summed E-state index contributed by atoms with van der Waals surface area (Å²) in [6, 6.07) is 3.36. The standard InChI is InChI=1S/C16H23N3O3S/c1-3-7-16(8-4-2)14(21)19(15(22)18-16)11-13(20)17-10-12-6-5-9-23-12/h5-6,9H,3-4,7-8,10-11H2,1-2H3,(H,17,20)(H,18,22). The first-order chi connectivity index (χ1) is 11.0. The molecule has 0 spiro atoms. The van der Waals surface area contributed by atoms with E-state index in [-0.39, 0.29) is 18.4 Å². The van der Waals surface area contributed by atoms with Crippen molar-refractivity contribution in [2.75, 3.05) is 6.54 Å². The van der Waals surface area contributed by atoms with Crippen LogP contribution in [0.2, 0.25) is 0 Å². The molecule has 0 aliphatic carbocycles. The minimum atomic E-state index is -0.839. The molecule has 1 aromatic rings. The van der Waals surface area contributed by atoms with Gasteiger partial charge in [0.05, 0.1) is 6.54 Å². The molecule has 1 fully saturated rings. The third-order valence-electron chi connectivity index (χ3n) is 3.94. The Bertz CT molecular complexity index is 565. The van der Waals surface area contributed by atoms with Crippen LogP contribution in [0.25, 0.3) is 0 Å². The van der Waals surface area contributed by atoms with E-state index in [4.69, 9.17) is 0 Å². The van der Waals surface area contributed by atoms with Gasteiger partial charge in [-0.25, -0.2) is 4.79 Å². The van der Waals surface area contributed by atoms with Crippen LogP contribution in [0.15, 0.2) is 17.5 Å². The van der Waals surface area contributed by atoms with E-state index in [1.807, 2.05) is 31.4 Å². The van der Waals surface area contributed by atoms with Crippen molar-refractivity contribution in [3.05, 3.63) is 22.4 Å². The van der Waals surface area contributed by atoms with Gasteiger partial charge in [0.25, 0.3) is 5.91 Å². The van der Waals surface area contributed by atoms with Crippen molar-refractivity contribution in [1.29, 1.82) is 0 Å². The van der Waals surface area contributed by atoms with Crippen molar-refractivity contribution in [3.8, 4) is 0 Å². The van der Waals surface area contributed by atoms with Gasteiger partial charge in [0, 0.05) is 4.88 Å². The van der Waals surface area contributed by atoms with Crippen LogP contribution in [-0.4, -0.2) is 34.8 Å². The second-order valence-electron chi connectivity index (χ2n) is 5.76. The molecular formula is C16H23N3O3S. The molecular weight excluding hydrogens is 314 g/mol. The minimum absolute atomic E-state index is 0.231. The van der Waals surface area contributed by atoms with E-state index in [1.165, 1.54) is 0 Å². The number of amides is 4. The van der Waals surface area contributed by atoms with E-state index in [9.17, 15) is 14.4 Å². The smallest absolute Gasteiger partial charge is 0.325 e. The summed E-state index contributed by atoms with van der Waals surface area (Å²) < 4.78 is 0. The van der Waals surface area contributed by atoms with Gasteiger partial charge in [-0.1, -0.05) is 32.8 Å². The summed E-state index contributed by atoms with van der Waals surface area (Å²) in [5.74, 6) is -0.608. The van der Waals surface area contributed by atoms with Gasteiger partial charge in [-0.2, -0.15) is 0 Å². The molecule has 0 atom stereocenters. The Morgan fingerprint density at radius 3 is 2.57 bits per heavy atom. The zero-order valence-corrected chi connectivity index (χ0v) is 14.4. The highest BCUT2D eigenvalue weighted by molar-refractivity contribution is 7.09. The number of imide groups is 1. The van der Waals surface area contributed by atoms with E-state index in [0.717, 1.165) is 22.6 Å². The zero-order chi connectivity index (χ0) is 16.9. The summed E-state index contributed by atoms with van der Waals surface area (Å²) in [4.78, 5) is 38.9. The predicted molar refractivity (Wildman–Crippen MR) is 89.0 cm³/mol. The number of carbonyl (C=O) groups is 3. The number of hydrogen-bond donors (Lipinski definition) is 2. The minimum Gasteiger partial charge on any atom is -0.350 e. The molecule has 1 saturated heterocycles. The first-order valence-electron chi connectivity index (χ1n) is 7.95. The molecule has 2 rings (SSSR count). The molecule has 126 valence electrons. The lowest BCUT2D eigenvalue weighted by Gasteiger charge is -2.25. The van der Waals surface area contributed by atoms with Crippen LogP contribution in [-0.2, 0) is 16.1 Å². The number of nitrogens with zero attached hydrogens (tertiary/aromatic N) is 1. The predicted octanol–water partition coefficient (Wildman–Crippen LogP) is 2.26.